The van der Waals surface area contributed by atoms with Crippen LogP contribution in [0.5, 0.6) is 11.5 Å². The molecule has 4 nitrogen and oxygen atoms in total. The fourth-order valence-electron chi connectivity index (χ4n) is 3.36. The lowest BCUT2D eigenvalue weighted by atomic mass is 10.1. The van der Waals surface area contributed by atoms with Crippen LogP contribution in [0.4, 0.5) is 5.69 Å². The Labute approximate surface area is 183 Å². The van der Waals surface area contributed by atoms with Crippen molar-refractivity contribution in [2.24, 2.45) is 0 Å². The molecular formula is C27H26N2O2. The van der Waals surface area contributed by atoms with E-state index in [1.54, 1.807) is 7.11 Å². The van der Waals surface area contributed by atoms with Crippen molar-refractivity contribution in [3.05, 3.63) is 114 Å². The molecule has 0 radical (unpaired) electrons. The predicted octanol–water partition coefficient (Wildman–Crippen LogP) is 6.06. The lowest BCUT2D eigenvalue weighted by molar-refractivity contribution is 0.296. The zero-order valence-electron chi connectivity index (χ0n) is 17.5. The first-order valence-electron chi connectivity index (χ1n) is 10.3. The summed E-state index contributed by atoms with van der Waals surface area (Å²) >= 11 is 0. The third-order valence-electron chi connectivity index (χ3n) is 5.00. The van der Waals surface area contributed by atoms with E-state index in [0.29, 0.717) is 13.2 Å². The van der Waals surface area contributed by atoms with Gasteiger partial charge in [0.1, 0.15) is 18.1 Å². The van der Waals surface area contributed by atoms with Crippen molar-refractivity contribution in [3.63, 3.8) is 0 Å². The Bertz CT molecular complexity index is 1080. The van der Waals surface area contributed by atoms with Crippen molar-refractivity contribution < 1.29 is 9.47 Å². The second-order valence-corrected chi connectivity index (χ2v) is 7.17. The molecule has 4 aromatic carbocycles. The second kappa shape index (κ2) is 10.3. The molecule has 0 bridgehead atoms. The number of nitrogens with one attached hydrogen (secondary N) is 2. The van der Waals surface area contributed by atoms with Gasteiger partial charge in [0.15, 0.2) is 0 Å². The summed E-state index contributed by atoms with van der Waals surface area (Å²) in [6.45, 7) is 1.12. The Balaban J connectivity index is 1.37. The molecule has 0 aliphatic rings. The predicted molar refractivity (Wildman–Crippen MR) is 126 cm³/mol. The van der Waals surface area contributed by atoms with Crippen LogP contribution < -0.4 is 20.3 Å². The zero-order valence-corrected chi connectivity index (χ0v) is 17.5. The molecule has 0 spiro atoms. The summed E-state index contributed by atoms with van der Waals surface area (Å²) in [5.41, 5.74) is 12.0. The number of hydrogen-bond acceptors (Lipinski definition) is 4. The van der Waals surface area contributed by atoms with Gasteiger partial charge < -0.3 is 14.9 Å². The largest absolute Gasteiger partial charge is 0.496 e. The van der Waals surface area contributed by atoms with Crippen molar-refractivity contribution in [3.8, 4) is 22.6 Å². The number of hydrazine groups is 1. The van der Waals surface area contributed by atoms with E-state index < -0.39 is 0 Å². The Kier molecular flexibility index (Phi) is 6.83. The molecule has 0 unspecified atom stereocenters. The fourth-order valence-corrected chi connectivity index (χ4v) is 3.36. The summed E-state index contributed by atoms with van der Waals surface area (Å²) in [6.07, 6.45) is 0. The van der Waals surface area contributed by atoms with Gasteiger partial charge in [-0.1, -0.05) is 66.7 Å². The van der Waals surface area contributed by atoms with E-state index in [1.807, 2.05) is 66.7 Å². The Morgan fingerprint density at radius 1 is 0.710 bits per heavy atom. The molecule has 31 heavy (non-hydrogen) atoms. The quantitative estimate of drug-likeness (QED) is 0.329. The SMILES string of the molecule is COc1ccc(CNNc2ccccc2)cc1COc1ccc(-c2ccccc2)cc1. The lowest BCUT2D eigenvalue weighted by Gasteiger charge is -2.14. The molecule has 4 aromatic rings. The minimum Gasteiger partial charge on any atom is -0.496 e. The van der Waals surface area contributed by atoms with Gasteiger partial charge in [0, 0.05) is 17.8 Å². The first kappa shape index (κ1) is 20.5. The molecule has 0 saturated heterocycles. The Hall–Kier alpha value is -3.76. The van der Waals surface area contributed by atoms with Crippen molar-refractivity contribution in [1.29, 1.82) is 0 Å². The van der Waals surface area contributed by atoms with E-state index in [9.17, 15) is 0 Å². The van der Waals surface area contributed by atoms with E-state index in [2.05, 4.69) is 47.2 Å². The van der Waals surface area contributed by atoms with Gasteiger partial charge in [-0.3, -0.25) is 0 Å². The Morgan fingerprint density at radius 3 is 2.10 bits per heavy atom. The van der Waals surface area contributed by atoms with E-state index in [1.165, 1.54) is 11.1 Å². The minimum absolute atomic E-state index is 0.438. The average Bonchev–Trinajstić information content (AvgIpc) is 2.84. The number of methoxy groups -OCH3 is 1. The molecule has 0 atom stereocenters. The van der Waals surface area contributed by atoms with Crippen LogP contribution in [0.15, 0.2) is 103 Å². The fraction of sp³-hybridized carbons (Fsp3) is 0.111. The van der Waals surface area contributed by atoms with Crippen LogP contribution in [0.1, 0.15) is 11.1 Å². The monoisotopic (exact) mass is 410 g/mol. The molecule has 0 aromatic heterocycles. The van der Waals surface area contributed by atoms with E-state index in [-0.39, 0.29) is 0 Å². The highest BCUT2D eigenvalue weighted by molar-refractivity contribution is 5.63. The van der Waals surface area contributed by atoms with Crippen LogP contribution in [-0.2, 0) is 13.2 Å². The number of benzene rings is 4. The van der Waals surface area contributed by atoms with Crippen LogP contribution in [0.3, 0.4) is 0 Å². The normalized spacial score (nSPS) is 10.5. The van der Waals surface area contributed by atoms with Gasteiger partial charge in [0.2, 0.25) is 0 Å². The molecule has 4 heteroatoms. The third-order valence-corrected chi connectivity index (χ3v) is 5.00. The van der Waals surface area contributed by atoms with Gasteiger partial charge in [-0.2, -0.15) is 0 Å². The molecule has 0 saturated carbocycles. The lowest BCUT2D eigenvalue weighted by Crippen LogP contribution is -2.20. The van der Waals surface area contributed by atoms with E-state index in [0.717, 1.165) is 28.3 Å². The summed E-state index contributed by atoms with van der Waals surface area (Å²) in [6, 6.07) is 34.7. The van der Waals surface area contributed by atoms with Crippen molar-refractivity contribution in [2.45, 2.75) is 13.2 Å². The molecule has 0 fully saturated rings. The summed E-state index contributed by atoms with van der Waals surface area (Å²) in [7, 11) is 1.68. The topological polar surface area (TPSA) is 42.5 Å². The van der Waals surface area contributed by atoms with Crippen molar-refractivity contribution in [2.75, 3.05) is 12.5 Å². The van der Waals surface area contributed by atoms with Gasteiger partial charge >= 0.3 is 0 Å². The number of rotatable bonds is 9. The van der Waals surface area contributed by atoms with Crippen LogP contribution in [-0.4, -0.2) is 7.11 Å². The standard InChI is InChI=1S/C27H26N2O2/c1-30-27-17-12-21(19-28-29-25-10-6-3-7-11-25)18-24(27)20-31-26-15-13-23(14-16-26)22-8-4-2-5-9-22/h2-18,28-29H,19-20H2,1H3. The van der Waals surface area contributed by atoms with Gasteiger partial charge in [0.05, 0.1) is 7.11 Å². The van der Waals surface area contributed by atoms with Crippen LogP contribution in [0, 0.1) is 0 Å². The highest BCUT2D eigenvalue weighted by Crippen LogP contribution is 2.25. The summed E-state index contributed by atoms with van der Waals surface area (Å²) in [5.74, 6) is 1.65. The molecule has 156 valence electrons. The maximum Gasteiger partial charge on any atom is 0.125 e. The molecule has 4 rings (SSSR count). The smallest absolute Gasteiger partial charge is 0.125 e. The van der Waals surface area contributed by atoms with Gasteiger partial charge in [-0.15, -0.1) is 0 Å². The maximum atomic E-state index is 6.04. The van der Waals surface area contributed by atoms with Crippen LogP contribution >= 0.6 is 0 Å². The van der Waals surface area contributed by atoms with E-state index in [4.69, 9.17) is 9.47 Å². The van der Waals surface area contributed by atoms with E-state index >= 15 is 0 Å². The highest BCUT2D eigenvalue weighted by atomic mass is 16.5. The maximum absolute atomic E-state index is 6.04. The molecule has 0 heterocycles. The van der Waals surface area contributed by atoms with Gasteiger partial charge in [0.25, 0.3) is 0 Å². The highest BCUT2D eigenvalue weighted by Gasteiger charge is 2.07. The molecular weight excluding hydrogens is 384 g/mol. The van der Waals surface area contributed by atoms with Crippen LogP contribution in [0.25, 0.3) is 11.1 Å². The molecule has 0 amide bonds. The third kappa shape index (κ3) is 5.65. The van der Waals surface area contributed by atoms with Crippen LogP contribution in [0.2, 0.25) is 0 Å². The number of hydrogen-bond donors (Lipinski definition) is 2. The minimum atomic E-state index is 0.438. The second-order valence-electron chi connectivity index (χ2n) is 7.17. The van der Waals surface area contributed by atoms with Gasteiger partial charge in [-0.25, -0.2) is 5.43 Å². The molecule has 0 aliphatic carbocycles. The van der Waals surface area contributed by atoms with Crippen molar-refractivity contribution in [1.82, 2.24) is 5.43 Å². The first-order valence-corrected chi connectivity index (χ1v) is 10.3. The number of para-hydroxylation sites is 1. The van der Waals surface area contributed by atoms with Gasteiger partial charge in [-0.05, 0) is 53.1 Å². The summed E-state index contributed by atoms with van der Waals surface area (Å²) in [4.78, 5) is 0. The molecule has 2 N–H and O–H groups in total. The first-order chi connectivity index (χ1) is 15.3. The molecule has 0 aliphatic heterocycles. The number of ether oxygens (including phenoxy) is 2. The zero-order chi connectivity index (χ0) is 21.3. The van der Waals surface area contributed by atoms with Crippen molar-refractivity contribution >= 4 is 5.69 Å². The Morgan fingerprint density at radius 2 is 1.39 bits per heavy atom. The average molecular weight is 411 g/mol. The summed E-state index contributed by atoms with van der Waals surface area (Å²) < 4.78 is 11.6. The number of anilines is 1. The summed E-state index contributed by atoms with van der Waals surface area (Å²) in [5, 5.41) is 0.